The number of benzene rings is 2. The van der Waals surface area contributed by atoms with Crippen LogP contribution in [0.5, 0.6) is 5.75 Å². The zero-order valence-corrected chi connectivity index (χ0v) is 25.8. The minimum absolute atomic E-state index is 0.00580. The van der Waals surface area contributed by atoms with E-state index >= 15 is 0 Å². The average Bonchev–Trinajstić information content (AvgIpc) is 3.03. The first-order valence-corrected chi connectivity index (χ1v) is 14.6. The lowest BCUT2D eigenvalue weighted by molar-refractivity contribution is -0.150. The van der Waals surface area contributed by atoms with Crippen LogP contribution in [0.1, 0.15) is 65.0 Å². The Morgan fingerprint density at radius 2 is 1.63 bits per heavy atom. The lowest BCUT2D eigenvalue weighted by atomic mass is 9.73. The molecule has 0 spiro atoms. The van der Waals surface area contributed by atoms with Gasteiger partial charge in [-0.3, -0.25) is 28.9 Å². The second-order valence-corrected chi connectivity index (χ2v) is 11.7. The van der Waals surface area contributed by atoms with Crippen LogP contribution in [0.15, 0.2) is 47.7 Å². The maximum absolute atomic E-state index is 14.0. The molecule has 1 N–H and O–H groups in total. The van der Waals surface area contributed by atoms with E-state index in [0.717, 1.165) is 0 Å². The topological polar surface area (TPSA) is 128 Å². The number of carbonyl (C=O) groups is 5. The predicted octanol–water partition coefficient (Wildman–Crippen LogP) is 5.95. The Bertz CT molecular complexity index is 1520. The van der Waals surface area contributed by atoms with Crippen LogP contribution in [0.2, 0.25) is 10.0 Å². The van der Waals surface area contributed by atoms with E-state index in [9.17, 15) is 24.0 Å². The molecular weight excluding hydrogens is 599 g/mol. The first kappa shape index (κ1) is 32.0. The van der Waals surface area contributed by atoms with E-state index in [2.05, 4.69) is 5.32 Å². The smallest absolute Gasteiger partial charge is 0.322 e. The molecule has 1 aliphatic heterocycles. The number of allylic oxidation sites excluding steroid dienone is 1. The number of para-hydroxylation sites is 1. The molecule has 10 nitrogen and oxygen atoms in total. The number of esters is 3. The zero-order chi connectivity index (χ0) is 31.5. The number of fused-ring (bicyclic) bond motifs is 1. The van der Waals surface area contributed by atoms with E-state index in [1.807, 2.05) is 13.8 Å². The quantitative estimate of drug-likeness (QED) is 0.214. The second kappa shape index (κ2) is 13.2. The van der Waals surface area contributed by atoms with Gasteiger partial charge < -0.3 is 19.5 Å². The monoisotopic (exact) mass is 630 g/mol. The Labute approximate surface area is 259 Å². The number of anilines is 2. The molecule has 1 atom stereocenters. The van der Waals surface area contributed by atoms with E-state index in [4.69, 9.17) is 37.4 Å². The number of ether oxygens (including phenoxy) is 3. The lowest BCUT2D eigenvalue weighted by Gasteiger charge is -2.37. The summed E-state index contributed by atoms with van der Waals surface area (Å²) >= 11 is 12.9. The number of rotatable bonds is 8. The van der Waals surface area contributed by atoms with Crippen LogP contribution in [0, 0.1) is 5.41 Å². The third kappa shape index (κ3) is 7.19. The van der Waals surface area contributed by atoms with Gasteiger partial charge in [-0.05, 0) is 55.5 Å². The highest BCUT2D eigenvalue weighted by atomic mass is 35.5. The van der Waals surface area contributed by atoms with E-state index in [1.165, 1.54) is 17.0 Å². The van der Waals surface area contributed by atoms with Crippen molar-refractivity contribution in [1.82, 2.24) is 0 Å². The van der Waals surface area contributed by atoms with Crippen LogP contribution in [-0.2, 0) is 33.4 Å². The van der Waals surface area contributed by atoms with Crippen molar-refractivity contribution in [2.75, 3.05) is 23.4 Å². The molecule has 0 bridgehead atoms. The van der Waals surface area contributed by atoms with Crippen molar-refractivity contribution in [3.05, 3.63) is 63.3 Å². The van der Waals surface area contributed by atoms with Crippen molar-refractivity contribution in [2.24, 2.45) is 5.41 Å². The number of carbonyl (C=O) groups excluding carboxylic acids is 5. The van der Waals surface area contributed by atoms with Gasteiger partial charge in [-0.25, -0.2) is 0 Å². The lowest BCUT2D eigenvalue weighted by Crippen LogP contribution is -2.40. The Morgan fingerprint density at radius 3 is 2.28 bits per heavy atom. The number of hydrogen-bond donors (Lipinski definition) is 1. The normalized spacial score (nSPS) is 17.2. The summed E-state index contributed by atoms with van der Waals surface area (Å²) in [5.74, 6) is -3.29. The van der Waals surface area contributed by atoms with E-state index in [0.29, 0.717) is 22.7 Å². The first-order valence-electron chi connectivity index (χ1n) is 13.8. The Balaban J connectivity index is 1.96. The van der Waals surface area contributed by atoms with E-state index in [1.54, 1.807) is 38.1 Å². The molecule has 12 heteroatoms. The Hall–Kier alpha value is -3.89. The van der Waals surface area contributed by atoms with Crippen LogP contribution in [0.3, 0.4) is 0 Å². The molecule has 0 saturated heterocycles. The van der Waals surface area contributed by atoms with Gasteiger partial charge in [-0.1, -0.05) is 49.2 Å². The maximum atomic E-state index is 14.0. The molecule has 2 aromatic carbocycles. The molecule has 0 aromatic heterocycles. The van der Waals surface area contributed by atoms with Crippen LogP contribution in [0.4, 0.5) is 11.4 Å². The van der Waals surface area contributed by atoms with E-state index in [-0.39, 0.29) is 53.1 Å². The number of nitrogens with one attached hydrogen (secondary N) is 1. The molecule has 0 radical (unpaired) electrons. The fourth-order valence-corrected chi connectivity index (χ4v) is 5.83. The number of hydrogen-bond acceptors (Lipinski definition) is 9. The summed E-state index contributed by atoms with van der Waals surface area (Å²) < 4.78 is 15.5. The average molecular weight is 632 g/mol. The van der Waals surface area contributed by atoms with Crippen LogP contribution >= 0.6 is 23.2 Å². The van der Waals surface area contributed by atoms with E-state index < -0.39 is 48.1 Å². The Morgan fingerprint density at radius 1 is 0.953 bits per heavy atom. The van der Waals surface area contributed by atoms with Gasteiger partial charge in [0, 0.05) is 27.7 Å². The van der Waals surface area contributed by atoms with Crippen LogP contribution in [0.25, 0.3) is 0 Å². The molecule has 4 rings (SSSR count). The fraction of sp³-hybridized carbons (Fsp3) is 0.387. The van der Waals surface area contributed by atoms with Gasteiger partial charge in [0.1, 0.15) is 18.5 Å². The molecule has 2 aliphatic rings. The minimum atomic E-state index is -1.07. The number of halogens is 2. The summed E-state index contributed by atoms with van der Waals surface area (Å²) in [6.45, 7) is 7.30. The number of nitrogens with zero attached hydrogens (tertiary/aromatic N) is 1. The second-order valence-electron chi connectivity index (χ2n) is 10.9. The Kier molecular flexibility index (Phi) is 9.82. The number of ketones is 1. The van der Waals surface area contributed by atoms with Gasteiger partial charge in [-0.15, -0.1) is 0 Å². The molecular formula is C31H32Cl2N2O8. The molecule has 1 unspecified atom stereocenters. The summed E-state index contributed by atoms with van der Waals surface area (Å²) in [6, 6.07) is 8.32. The van der Waals surface area contributed by atoms with Crippen molar-refractivity contribution in [3.8, 4) is 5.75 Å². The highest BCUT2D eigenvalue weighted by Gasteiger charge is 2.45. The number of amides is 1. The van der Waals surface area contributed by atoms with Gasteiger partial charge >= 0.3 is 17.9 Å². The van der Waals surface area contributed by atoms with Crippen molar-refractivity contribution in [3.63, 3.8) is 0 Å². The van der Waals surface area contributed by atoms with Gasteiger partial charge in [-0.2, -0.15) is 0 Å². The summed E-state index contributed by atoms with van der Waals surface area (Å²) in [4.78, 5) is 66.4. The van der Waals surface area contributed by atoms with Crippen molar-refractivity contribution >= 4 is 64.2 Å². The van der Waals surface area contributed by atoms with Crippen LogP contribution in [-0.4, -0.2) is 42.8 Å². The van der Waals surface area contributed by atoms with Gasteiger partial charge in [0.2, 0.25) is 5.91 Å². The SMILES string of the molecule is CCOC(=O)CC(=O)Oc1cccc2c1NC1=C(C(=O)CC(C)(C)C1)C(c1ccc(Cl)cc1Cl)N2C(=O)CC(=O)OCC. The predicted molar refractivity (Wildman–Crippen MR) is 160 cm³/mol. The minimum Gasteiger partial charge on any atom is -0.466 e. The van der Waals surface area contributed by atoms with Gasteiger partial charge in [0.15, 0.2) is 11.5 Å². The molecule has 0 saturated carbocycles. The molecule has 0 fully saturated rings. The van der Waals surface area contributed by atoms with Gasteiger partial charge in [0.25, 0.3) is 0 Å². The highest BCUT2D eigenvalue weighted by molar-refractivity contribution is 6.35. The maximum Gasteiger partial charge on any atom is 0.322 e. The third-order valence-electron chi connectivity index (χ3n) is 6.94. The van der Waals surface area contributed by atoms with Gasteiger partial charge in [0.05, 0.1) is 24.9 Å². The molecule has 2 aromatic rings. The summed E-state index contributed by atoms with van der Waals surface area (Å²) in [5, 5.41) is 3.84. The highest BCUT2D eigenvalue weighted by Crippen LogP contribution is 2.51. The molecule has 1 heterocycles. The standard InChI is InChI=1S/C31H32Cl2N2O8/c1-5-41-25(38)13-24(37)35-21-8-7-9-23(43-27(40)14-26(39)42-6-2)29(21)34-20-15-31(3,4)16-22(36)28(20)30(35)18-11-10-17(32)12-19(18)33/h7-12,30,34H,5-6,13-16H2,1-4H3. The largest absolute Gasteiger partial charge is 0.466 e. The third-order valence-corrected chi connectivity index (χ3v) is 7.50. The summed E-state index contributed by atoms with van der Waals surface area (Å²) in [5.41, 5.74) is 1.15. The molecule has 228 valence electrons. The summed E-state index contributed by atoms with van der Waals surface area (Å²) in [6.07, 6.45) is -0.678. The fourth-order valence-electron chi connectivity index (χ4n) is 5.32. The van der Waals surface area contributed by atoms with Crippen molar-refractivity contribution in [2.45, 2.75) is 59.4 Å². The molecule has 1 amide bonds. The molecule has 1 aliphatic carbocycles. The van der Waals surface area contributed by atoms with Crippen molar-refractivity contribution in [1.29, 1.82) is 0 Å². The first-order chi connectivity index (χ1) is 20.3. The summed E-state index contributed by atoms with van der Waals surface area (Å²) in [7, 11) is 0. The number of Topliss-reactive ketones (excluding diaryl/α,β-unsaturated/α-hetero) is 1. The zero-order valence-electron chi connectivity index (χ0n) is 24.3. The van der Waals surface area contributed by atoms with Crippen LogP contribution < -0.4 is 15.0 Å². The molecule has 43 heavy (non-hydrogen) atoms. The van der Waals surface area contributed by atoms with Crippen molar-refractivity contribution < 1.29 is 38.2 Å².